The van der Waals surface area contributed by atoms with Crippen LogP contribution >= 0.6 is 0 Å². The molecule has 0 aliphatic heterocycles. The van der Waals surface area contributed by atoms with Gasteiger partial charge in [-0.1, -0.05) is 6.58 Å². The Hall–Kier alpha value is -1.78. The van der Waals surface area contributed by atoms with E-state index < -0.39 is 34.6 Å². The van der Waals surface area contributed by atoms with Crippen LogP contribution < -0.4 is 0 Å². The van der Waals surface area contributed by atoms with Gasteiger partial charge in [0.2, 0.25) is 0 Å². The Morgan fingerprint density at radius 3 is 2.29 bits per heavy atom. The summed E-state index contributed by atoms with van der Waals surface area (Å²) in [5.74, 6) is -6.11. The zero-order valence-electron chi connectivity index (χ0n) is 6.85. The highest BCUT2D eigenvalue weighted by molar-refractivity contribution is 6.14. The summed E-state index contributed by atoms with van der Waals surface area (Å²) in [5.41, 5.74) is -1.18. The van der Waals surface area contributed by atoms with Crippen molar-refractivity contribution in [1.82, 2.24) is 0 Å². The third kappa shape index (κ3) is 1.61. The predicted octanol–water partition coefficient (Wildman–Crippen LogP) is 2.20. The molecule has 0 aliphatic rings. The summed E-state index contributed by atoms with van der Waals surface area (Å²) in [5, 5.41) is 8.44. The van der Waals surface area contributed by atoms with Crippen LogP contribution in [0.3, 0.4) is 0 Å². The maximum absolute atomic E-state index is 12.9. The monoisotopic (exact) mass is 202 g/mol. The topological polar surface area (TPSA) is 37.3 Å². The lowest BCUT2D eigenvalue weighted by Gasteiger charge is -2.03. The van der Waals surface area contributed by atoms with Crippen molar-refractivity contribution in [3.8, 4) is 0 Å². The first-order valence-corrected chi connectivity index (χ1v) is 3.51. The average molecular weight is 202 g/mol. The number of rotatable bonds is 2. The number of carboxylic acid groups (broad SMARTS) is 1. The second-order valence-electron chi connectivity index (χ2n) is 2.51. The van der Waals surface area contributed by atoms with Crippen LogP contribution in [0.4, 0.5) is 13.2 Å². The van der Waals surface area contributed by atoms with E-state index in [1.54, 1.807) is 0 Å². The second kappa shape index (κ2) is 3.53. The van der Waals surface area contributed by atoms with E-state index >= 15 is 0 Å². The summed E-state index contributed by atoms with van der Waals surface area (Å²) < 4.78 is 38.0. The first kappa shape index (κ1) is 10.3. The largest absolute Gasteiger partial charge is 0.478 e. The molecule has 1 N–H and O–H groups in total. The molecule has 74 valence electrons. The molecule has 0 spiro atoms. The molecule has 0 aromatic heterocycles. The van der Waals surface area contributed by atoms with Crippen molar-refractivity contribution in [2.75, 3.05) is 0 Å². The molecule has 14 heavy (non-hydrogen) atoms. The first-order valence-electron chi connectivity index (χ1n) is 3.51. The Morgan fingerprint density at radius 1 is 1.21 bits per heavy atom. The van der Waals surface area contributed by atoms with Gasteiger partial charge in [0, 0.05) is 5.56 Å². The maximum Gasteiger partial charge on any atom is 0.335 e. The number of carboxylic acids is 1. The fraction of sp³-hybridized carbons (Fsp3) is 0. The first-order chi connectivity index (χ1) is 6.45. The SMILES string of the molecule is C=C(C(=O)O)c1ccc(F)c(F)c1F. The zero-order valence-corrected chi connectivity index (χ0v) is 6.85. The molecule has 0 saturated carbocycles. The number of benzene rings is 1. The van der Waals surface area contributed by atoms with Gasteiger partial charge in [0.25, 0.3) is 0 Å². The number of carbonyl (C=O) groups is 1. The summed E-state index contributed by atoms with van der Waals surface area (Å²) in [6.07, 6.45) is 0. The fourth-order valence-corrected chi connectivity index (χ4v) is 0.874. The van der Waals surface area contributed by atoms with Crippen LogP contribution in [0, 0.1) is 17.5 Å². The molecule has 0 aliphatic carbocycles. The average Bonchev–Trinajstić information content (AvgIpc) is 2.13. The molecule has 1 aromatic rings. The molecule has 5 heteroatoms. The van der Waals surface area contributed by atoms with Crippen LogP contribution in [0.25, 0.3) is 5.57 Å². The summed E-state index contributed by atoms with van der Waals surface area (Å²) in [4.78, 5) is 10.4. The van der Waals surface area contributed by atoms with E-state index in [0.29, 0.717) is 6.07 Å². The number of hydrogen-bond acceptors (Lipinski definition) is 1. The van der Waals surface area contributed by atoms with Gasteiger partial charge in [-0.3, -0.25) is 0 Å². The lowest BCUT2D eigenvalue weighted by atomic mass is 10.1. The van der Waals surface area contributed by atoms with E-state index in [4.69, 9.17) is 5.11 Å². The molecule has 0 bridgehead atoms. The van der Waals surface area contributed by atoms with Crippen LogP contribution in [0.1, 0.15) is 5.56 Å². The molecule has 0 saturated heterocycles. The summed E-state index contributed by atoms with van der Waals surface area (Å²) in [6, 6.07) is 1.46. The Kier molecular flexibility index (Phi) is 2.60. The van der Waals surface area contributed by atoms with E-state index in [9.17, 15) is 18.0 Å². The zero-order chi connectivity index (χ0) is 10.9. The van der Waals surface area contributed by atoms with Crippen LogP contribution in [0.15, 0.2) is 18.7 Å². The Morgan fingerprint density at radius 2 is 1.79 bits per heavy atom. The van der Waals surface area contributed by atoms with E-state index in [2.05, 4.69) is 6.58 Å². The summed E-state index contributed by atoms with van der Waals surface area (Å²) >= 11 is 0. The molecular weight excluding hydrogens is 197 g/mol. The van der Waals surface area contributed by atoms with Gasteiger partial charge in [0.15, 0.2) is 17.5 Å². The number of halogens is 3. The van der Waals surface area contributed by atoms with Crippen LogP contribution in [-0.2, 0) is 4.79 Å². The summed E-state index contributed by atoms with van der Waals surface area (Å²) in [7, 11) is 0. The molecule has 0 amide bonds. The minimum atomic E-state index is -1.70. The van der Waals surface area contributed by atoms with E-state index in [-0.39, 0.29) is 0 Å². The smallest absolute Gasteiger partial charge is 0.335 e. The summed E-state index contributed by atoms with van der Waals surface area (Å²) in [6.45, 7) is 3.03. The van der Waals surface area contributed by atoms with E-state index in [0.717, 1.165) is 6.07 Å². The van der Waals surface area contributed by atoms with Crippen molar-refractivity contribution in [1.29, 1.82) is 0 Å². The standard InChI is InChI=1S/C9H5F3O2/c1-4(9(13)14)5-2-3-6(10)8(12)7(5)11/h2-3H,1H2,(H,13,14). The van der Waals surface area contributed by atoms with Gasteiger partial charge >= 0.3 is 5.97 Å². The Bertz CT molecular complexity index is 413. The van der Waals surface area contributed by atoms with Gasteiger partial charge in [0.1, 0.15) is 0 Å². The van der Waals surface area contributed by atoms with Crippen molar-refractivity contribution in [3.05, 3.63) is 41.7 Å². The van der Waals surface area contributed by atoms with Gasteiger partial charge in [-0.2, -0.15) is 0 Å². The number of aliphatic carboxylic acids is 1. The molecular formula is C9H5F3O2. The molecule has 0 fully saturated rings. The predicted molar refractivity (Wildman–Crippen MR) is 43.0 cm³/mol. The van der Waals surface area contributed by atoms with Crippen molar-refractivity contribution in [2.24, 2.45) is 0 Å². The third-order valence-corrected chi connectivity index (χ3v) is 1.62. The van der Waals surface area contributed by atoms with Crippen LogP contribution in [0.2, 0.25) is 0 Å². The molecule has 2 nitrogen and oxygen atoms in total. The van der Waals surface area contributed by atoms with Crippen molar-refractivity contribution < 1.29 is 23.1 Å². The maximum atomic E-state index is 12.9. The van der Waals surface area contributed by atoms with Gasteiger partial charge in [-0.15, -0.1) is 0 Å². The van der Waals surface area contributed by atoms with E-state index in [1.165, 1.54) is 0 Å². The molecule has 0 unspecified atom stereocenters. The van der Waals surface area contributed by atoms with Crippen LogP contribution in [0.5, 0.6) is 0 Å². The van der Waals surface area contributed by atoms with Gasteiger partial charge in [-0.05, 0) is 12.1 Å². The Labute approximate surface area is 77.3 Å². The molecule has 1 aromatic carbocycles. The Balaban J connectivity index is 3.31. The van der Waals surface area contributed by atoms with Gasteiger partial charge in [0.05, 0.1) is 5.57 Å². The lowest BCUT2D eigenvalue weighted by Crippen LogP contribution is -2.03. The highest BCUT2D eigenvalue weighted by Gasteiger charge is 2.18. The molecule has 0 atom stereocenters. The number of hydrogen-bond donors (Lipinski definition) is 1. The lowest BCUT2D eigenvalue weighted by molar-refractivity contribution is -0.130. The highest BCUT2D eigenvalue weighted by Crippen LogP contribution is 2.21. The second-order valence-corrected chi connectivity index (χ2v) is 2.51. The molecule has 0 radical (unpaired) electrons. The molecule has 1 rings (SSSR count). The fourth-order valence-electron chi connectivity index (χ4n) is 0.874. The molecule has 0 heterocycles. The third-order valence-electron chi connectivity index (χ3n) is 1.62. The van der Waals surface area contributed by atoms with Crippen LogP contribution in [-0.4, -0.2) is 11.1 Å². The van der Waals surface area contributed by atoms with E-state index in [1.807, 2.05) is 0 Å². The van der Waals surface area contributed by atoms with Gasteiger partial charge < -0.3 is 5.11 Å². The van der Waals surface area contributed by atoms with Crippen molar-refractivity contribution in [3.63, 3.8) is 0 Å². The van der Waals surface area contributed by atoms with Crippen molar-refractivity contribution >= 4 is 11.5 Å². The highest BCUT2D eigenvalue weighted by atomic mass is 19.2. The quantitative estimate of drug-likeness (QED) is 0.589. The van der Waals surface area contributed by atoms with Gasteiger partial charge in [-0.25, -0.2) is 18.0 Å². The minimum absolute atomic E-state index is 0.559. The van der Waals surface area contributed by atoms with Crippen molar-refractivity contribution in [2.45, 2.75) is 0 Å². The normalized spacial score (nSPS) is 9.93. The minimum Gasteiger partial charge on any atom is -0.478 e.